The summed E-state index contributed by atoms with van der Waals surface area (Å²) in [5.41, 5.74) is -1.51. The van der Waals surface area contributed by atoms with E-state index in [4.69, 9.17) is 5.11 Å². The van der Waals surface area contributed by atoms with Gasteiger partial charge in [0.25, 0.3) is 0 Å². The Bertz CT molecular complexity index is 473. The second-order valence-corrected chi connectivity index (χ2v) is 4.25. The fraction of sp³-hybridized carbons (Fsp3) is 0.333. The zero-order valence-corrected chi connectivity index (χ0v) is 9.99. The zero-order chi connectivity index (χ0) is 14.7. The predicted molar refractivity (Wildman–Crippen MR) is 60.4 cm³/mol. The van der Waals surface area contributed by atoms with Crippen LogP contribution in [-0.2, 0) is 16.0 Å². The van der Waals surface area contributed by atoms with Crippen molar-refractivity contribution in [1.82, 2.24) is 5.32 Å². The van der Waals surface area contributed by atoms with Gasteiger partial charge in [-0.2, -0.15) is 13.2 Å². The number of carbonyl (C=O) groups excluding carboxylic acids is 1. The molecule has 2 N–H and O–H groups in total. The molecule has 7 heteroatoms. The maximum Gasteiger partial charge on any atom is 0.471 e. The molecule has 1 aromatic carbocycles. The highest BCUT2D eigenvalue weighted by Gasteiger charge is 2.45. The second-order valence-electron chi connectivity index (χ2n) is 4.25. The molecule has 1 amide bonds. The van der Waals surface area contributed by atoms with E-state index < -0.39 is 23.6 Å². The lowest BCUT2D eigenvalue weighted by atomic mass is 9.92. The highest BCUT2D eigenvalue weighted by molar-refractivity contribution is 5.89. The van der Waals surface area contributed by atoms with Gasteiger partial charge in [0.2, 0.25) is 0 Å². The third kappa shape index (κ3) is 3.97. The molecule has 1 aromatic rings. The van der Waals surface area contributed by atoms with E-state index >= 15 is 0 Å². The summed E-state index contributed by atoms with van der Waals surface area (Å²) < 4.78 is 36.5. The maximum absolute atomic E-state index is 12.2. The van der Waals surface area contributed by atoms with Crippen molar-refractivity contribution in [3.63, 3.8) is 0 Å². The highest BCUT2D eigenvalue weighted by atomic mass is 19.4. The first kappa shape index (κ1) is 15.0. The number of hydrogen-bond donors (Lipinski definition) is 2. The van der Waals surface area contributed by atoms with Gasteiger partial charge in [-0.1, -0.05) is 30.3 Å². The number of halogens is 3. The molecule has 0 aliphatic carbocycles. The summed E-state index contributed by atoms with van der Waals surface area (Å²) in [6, 6.07) is 8.09. The van der Waals surface area contributed by atoms with Gasteiger partial charge in [0.1, 0.15) is 5.54 Å². The number of hydrogen-bond acceptors (Lipinski definition) is 2. The van der Waals surface area contributed by atoms with Crippen LogP contribution in [0.1, 0.15) is 12.5 Å². The molecule has 0 saturated heterocycles. The Morgan fingerprint density at radius 1 is 1.21 bits per heavy atom. The van der Waals surface area contributed by atoms with Crippen LogP contribution in [0.5, 0.6) is 0 Å². The van der Waals surface area contributed by atoms with Crippen molar-refractivity contribution in [3.8, 4) is 0 Å². The average Bonchev–Trinajstić information content (AvgIpc) is 2.28. The molecule has 0 saturated carbocycles. The van der Waals surface area contributed by atoms with Crippen LogP contribution >= 0.6 is 0 Å². The normalized spacial score (nSPS) is 14.5. The summed E-state index contributed by atoms with van der Waals surface area (Å²) in [6.45, 7) is 1.03. The summed E-state index contributed by atoms with van der Waals surface area (Å²) in [7, 11) is 0. The Morgan fingerprint density at radius 2 is 1.74 bits per heavy atom. The number of alkyl halides is 3. The number of carboxylic acid groups (broad SMARTS) is 1. The largest absolute Gasteiger partial charge is 0.480 e. The number of aliphatic carboxylic acids is 1. The number of carbonyl (C=O) groups is 2. The van der Waals surface area contributed by atoms with Gasteiger partial charge in [-0.25, -0.2) is 4.79 Å². The van der Waals surface area contributed by atoms with Crippen molar-refractivity contribution in [2.45, 2.75) is 25.1 Å². The van der Waals surface area contributed by atoms with Crippen LogP contribution in [0.15, 0.2) is 30.3 Å². The Kier molecular flexibility index (Phi) is 4.18. The standard InChI is InChI=1S/C12H12F3NO3/c1-11(10(18)19,16-9(17)12(13,14)15)7-8-5-3-2-4-6-8/h2-6H,7H2,1H3,(H,16,17)(H,18,19). The van der Waals surface area contributed by atoms with Crippen molar-refractivity contribution < 1.29 is 27.9 Å². The summed E-state index contributed by atoms with van der Waals surface area (Å²) in [5, 5.41) is 10.5. The average molecular weight is 275 g/mol. The van der Waals surface area contributed by atoms with E-state index in [0.29, 0.717) is 5.56 Å². The lowest BCUT2D eigenvalue weighted by Crippen LogP contribution is -2.57. The van der Waals surface area contributed by atoms with E-state index in [1.54, 1.807) is 30.3 Å². The van der Waals surface area contributed by atoms with Gasteiger partial charge in [-0.3, -0.25) is 4.79 Å². The van der Waals surface area contributed by atoms with Crippen molar-refractivity contribution >= 4 is 11.9 Å². The van der Waals surface area contributed by atoms with E-state index in [1.165, 1.54) is 5.32 Å². The molecule has 0 fully saturated rings. The molecule has 0 bridgehead atoms. The minimum Gasteiger partial charge on any atom is -0.480 e. The fourth-order valence-corrected chi connectivity index (χ4v) is 1.50. The monoisotopic (exact) mass is 275 g/mol. The van der Waals surface area contributed by atoms with Crippen LogP contribution < -0.4 is 5.32 Å². The van der Waals surface area contributed by atoms with Crippen LogP contribution in [-0.4, -0.2) is 28.7 Å². The van der Waals surface area contributed by atoms with Crippen molar-refractivity contribution in [2.75, 3.05) is 0 Å². The van der Waals surface area contributed by atoms with Crippen molar-refractivity contribution in [2.24, 2.45) is 0 Å². The summed E-state index contributed by atoms with van der Waals surface area (Å²) in [6.07, 6.45) is -5.36. The molecule has 0 spiro atoms. The van der Waals surface area contributed by atoms with E-state index in [2.05, 4.69) is 0 Å². The third-order valence-corrected chi connectivity index (χ3v) is 2.52. The molecule has 0 heterocycles. The topological polar surface area (TPSA) is 66.4 Å². The van der Waals surface area contributed by atoms with E-state index in [-0.39, 0.29) is 6.42 Å². The Balaban J connectivity index is 2.93. The van der Waals surface area contributed by atoms with Crippen LogP contribution in [0.25, 0.3) is 0 Å². The van der Waals surface area contributed by atoms with Gasteiger partial charge in [-0.15, -0.1) is 0 Å². The van der Waals surface area contributed by atoms with Crippen LogP contribution in [0.3, 0.4) is 0 Å². The molecule has 0 aliphatic heterocycles. The van der Waals surface area contributed by atoms with Crippen LogP contribution in [0.2, 0.25) is 0 Å². The lowest BCUT2D eigenvalue weighted by molar-refractivity contribution is -0.177. The maximum atomic E-state index is 12.2. The molecular weight excluding hydrogens is 263 g/mol. The number of rotatable bonds is 4. The van der Waals surface area contributed by atoms with E-state index in [0.717, 1.165) is 6.92 Å². The number of benzene rings is 1. The van der Waals surface area contributed by atoms with Crippen LogP contribution in [0, 0.1) is 0 Å². The molecule has 0 radical (unpaired) electrons. The quantitative estimate of drug-likeness (QED) is 0.879. The van der Waals surface area contributed by atoms with Gasteiger partial charge >= 0.3 is 18.1 Å². The van der Waals surface area contributed by atoms with Crippen molar-refractivity contribution in [1.29, 1.82) is 0 Å². The van der Waals surface area contributed by atoms with Gasteiger partial charge in [0.15, 0.2) is 0 Å². The first-order valence-electron chi connectivity index (χ1n) is 5.32. The number of amides is 1. The Morgan fingerprint density at radius 3 is 2.16 bits per heavy atom. The molecule has 1 atom stereocenters. The molecule has 0 aromatic heterocycles. The molecular formula is C12H12F3NO3. The SMILES string of the molecule is CC(Cc1ccccc1)(NC(=O)C(F)(F)F)C(=O)O. The molecule has 4 nitrogen and oxygen atoms in total. The number of nitrogens with one attached hydrogen (secondary N) is 1. The summed E-state index contributed by atoms with van der Waals surface area (Å²) >= 11 is 0. The molecule has 104 valence electrons. The van der Waals surface area contributed by atoms with Gasteiger partial charge in [0.05, 0.1) is 0 Å². The summed E-state index contributed by atoms with van der Waals surface area (Å²) in [5.74, 6) is -3.80. The highest BCUT2D eigenvalue weighted by Crippen LogP contribution is 2.19. The van der Waals surface area contributed by atoms with Gasteiger partial charge in [-0.05, 0) is 12.5 Å². The number of carboxylic acids is 1. The third-order valence-electron chi connectivity index (χ3n) is 2.52. The lowest BCUT2D eigenvalue weighted by Gasteiger charge is -2.26. The molecule has 1 rings (SSSR count). The van der Waals surface area contributed by atoms with E-state index in [9.17, 15) is 22.8 Å². The predicted octanol–water partition coefficient (Wildman–Crippen LogP) is 1.75. The van der Waals surface area contributed by atoms with Gasteiger partial charge in [0, 0.05) is 6.42 Å². The van der Waals surface area contributed by atoms with Gasteiger partial charge < -0.3 is 10.4 Å². The minimum absolute atomic E-state index is 0.245. The zero-order valence-electron chi connectivity index (χ0n) is 9.99. The fourth-order valence-electron chi connectivity index (χ4n) is 1.50. The Labute approximate surface area is 107 Å². The molecule has 19 heavy (non-hydrogen) atoms. The smallest absolute Gasteiger partial charge is 0.471 e. The summed E-state index contributed by atoms with van der Waals surface area (Å²) in [4.78, 5) is 22.0. The van der Waals surface area contributed by atoms with Crippen LogP contribution in [0.4, 0.5) is 13.2 Å². The van der Waals surface area contributed by atoms with E-state index in [1.807, 2.05) is 0 Å². The molecule has 1 unspecified atom stereocenters. The minimum atomic E-state index is -5.12. The first-order chi connectivity index (χ1) is 8.65. The van der Waals surface area contributed by atoms with Crippen molar-refractivity contribution in [3.05, 3.63) is 35.9 Å². The first-order valence-corrected chi connectivity index (χ1v) is 5.32. The second kappa shape index (κ2) is 5.29. The Hall–Kier alpha value is -2.05. The molecule has 0 aliphatic rings.